The molecule has 0 saturated heterocycles. The van der Waals surface area contributed by atoms with Gasteiger partial charge in [0, 0.05) is 37.9 Å². The molecule has 0 N–H and O–H groups in total. The van der Waals surface area contributed by atoms with Gasteiger partial charge in [0.2, 0.25) is 0 Å². The van der Waals surface area contributed by atoms with Gasteiger partial charge in [0.05, 0.1) is 33.4 Å². The fourth-order valence-corrected chi connectivity index (χ4v) is 9.12. The zero-order valence-electron chi connectivity index (χ0n) is 30.9. The lowest BCUT2D eigenvalue weighted by molar-refractivity contribution is 0.666. The summed E-state index contributed by atoms with van der Waals surface area (Å²) in [6.45, 7) is 0. The van der Waals surface area contributed by atoms with Gasteiger partial charge in [0.1, 0.15) is 5.58 Å². The summed E-state index contributed by atoms with van der Waals surface area (Å²) in [5.74, 6) is 0. The molecular weight excluding hydrogens is 693 g/mol. The van der Waals surface area contributed by atoms with Crippen LogP contribution in [0.3, 0.4) is 0 Å². The second-order valence-corrected chi connectivity index (χ2v) is 14.9. The summed E-state index contributed by atoms with van der Waals surface area (Å²) in [5, 5.41) is 7.11. The molecule has 0 spiro atoms. The maximum atomic E-state index is 6.75. The third-order valence-corrected chi connectivity index (χ3v) is 11.7. The summed E-state index contributed by atoms with van der Waals surface area (Å²) in [6, 6.07) is 74.4. The van der Waals surface area contributed by atoms with E-state index < -0.39 is 0 Å². The van der Waals surface area contributed by atoms with Crippen LogP contribution in [0, 0.1) is 0 Å². The van der Waals surface area contributed by atoms with E-state index in [0.29, 0.717) is 0 Å². The van der Waals surface area contributed by atoms with E-state index in [1.165, 1.54) is 60.5 Å². The number of furan rings is 1. The fraction of sp³-hybridized carbons (Fsp3) is 0. The largest absolute Gasteiger partial charge is 0.454 e. The number of para-hydroxylation sites is 4. The second-order valence-electron chi connectivity index (χ2n) is 14.9. The Hall–Kier alpha value is -7.62. The Bertz CT molecular complexity index is 3510. The van der Waals surface area contributed by atoms with Gasteiger partial charge in [-0.1, -0.05) is 152 Å². The van der Waals surface area contributed by atoms with E-state index in [4.69, 9.17) is 4.42 Å². The normalized spacial score (nSPS) is 11.9. The van der Waals surface area contributed by atoms with E-state index in [2.05, 4.69) is 209 Å². The molecule has 0 atom stereocenters. The Balaban J connectivity index is 1.10. The average Bonchev–Trinajstić information content (AvgIpc) is 3.94. The highest BCUT2D eigenvalue weighted by molar-refractivity contribution is 6.15. The first-order valence-corrected chi connectivity index (χ1v) is 19.5. The van der Waals surface area contributed by atoms with Crippen molar-refractivity contribution in [1.29, 1.82) is 0 Å². The molecule has 3 aromatic heterocycles. The van der Waals surface area contributed by atoms with E-state index >= 15 is 0 Å². The topological polar surface area (TPSA) is 23.0 Å². The minimum absolute atomic E-state index is 0.883. The van der Waals surface area contributed by atoms with Crippen LogP contribution in [0.2, 0.25) is 0 Å². The smallest absolute Gasteiger partial charge is 0.159 e. The molecule has 0 unspecified atom stereocenters. The van der Waals surface area contributed by atoms with Crippen LogP contribution in [0.5, 0.6) is 0 Å². The molecule has 266 valence electrons. The Morgan fingerprint density at radius 2 is 0.825 bits per heavy atom. The molecule has 57 heavy (non-hydrogen) atoms. The summed E-state index contributed by atoms with van der Waals surface area (Å²) in [7, 11) is 0. The van der Waals surface area contributed by atoms with Crippen LogP contribution in [-0.2, 0) is 0 Å². The van der Waals surface area contributed by atoms with Gasteiger partial charge in [0.25, 0.3) is 0 Å². The van der Waals surface area contributed by atoms with Crippen molar-refractivity contribution in [2.75, 3.05) is 0 Å². The predicted molar refractivity (Wildman–Crippen MR) is 239 cm³/mol. The lowest BCUT2D eigenvalue weighted by Crippen LogP contribution is -1.97. The Labute approximate surface area is 328 Å². The van der Waals surface area contributed by atoms with Crippen molar-refractivity contribution < 1.29 is 4.42 Å². The van der Waals surface area contributed by atoms with E-state index in [-0.39, 0.29) is 0 Å². The molecule has 0 bridgehead atoms. The van der Waals surface area contributed by atoms with E-state index in [9.17, 15) is 0 Å². The van der Waals surface area contributed by atoms with Gasteiger partial charge in [-0.25, -0.2) is 0 Å². The van der Waals surface area contributed by atoms with Crippen LogP contribution in [0.1, 0.15) is 0 Å². The van der Waals surface area contributed by atoms with Gasteiger partial charge in [-0.15, -0.1) is 0 Å². The van der Waals surface area contributed by atoms with Crippen molar-refractivity contribution in [2.24, 2.45) is 0 Å². The number of hydrogen-bond donors (Lipinski definition) is 0. The highest BCUT2D eigenvalue weighted by atomic mass is 16.3. The maximum Gasteiger partial charge on any atom is 0.159 e. The molecule has 0 aliphatic carbocycles. The van der Waals surface area contributed by atoms with E-state index in [1.807, 2.05) is 6.07 Å². The van der Waals surface area contributed by atoms with Crippen LogP contribution < -0.4 is 0 Å². The number of rotatable bonds is 5. The minimum Gasteiger partial charge on any atom is -0.454 e. The minimum atomic E-state index is 0.883. The first-order chi connectivity index (χ1) is 28.3. The molecule has 0 aliphatic rings. The van der Waals surface area contributed by atoms with Gasteiger partial charge in [-0.2, -0.15) is 0 Å². The molecule has 3 nitrogen and oxygen atoms in total. The summed E-state index contributed by atoms with van der Waals surface area (Å²) >= 11 is 0. The lowest BCUT2D eigenvalue weighted by Gasteiger charge is -2.14. The van der Waals surface area contributed by atoms with Crippen molar-refractivity contribution in [1.82, 2.24) is 9.13 Å². The monoisotopic (exact) mass is 726 g/mol. The van der Waals surface area contributed by atoms with Crippen LogP contribution in [-0.4, -0.2) is 9.13 Å². The summed E-state index contributed by atoms with van der Waals surface area (Å²) in [6.07, 6.45) is 0. The van der Waals surface area contributed by atoms with Crippen LogP contribution in [0.25, 0.3) is 110 Å². The average molecular weight is 727 g/mol. The van der Waals surface area contributed by atoms with Gasteiger partial charge in [-0.05, 0) is 82.4 Å². The number of nitrogens with zero attached hydrogens (tertiary/aromatic N) is 2. The third kappa shape index (κ3) is 4.86. The first-order valence-electron chi connectivity index (χ1n) is 19.5. The molecule has 3 heteroatoms. The number of aromatic nitrogens is 2. The summed E-state index contributed by atoms with van der Waals surface area (Å²) in [5.41, 5.74) is 15.7. The molecule has 0 amide bonds. The van der Waals surface area contributed by atoms with Gasteiger partial charge in [0.15, 0.2) is 5.58 Å². The highest BCUT2D eigenvalue weighted by Crippen LogP contribution is 2.43. The van der Waals surface area contributed by atoms with Crippen molar-refractivity contribution >= 4 is 65.6 Å². The predicted octanol–water partition coefficient (Wildman–Crippen LogP) is 14.8. The first kappa shape index (κ1) is 31.7. The number of hydrogen-bond acceptors (Lipinski definition) is 1. The van der Waals surface area contributed by atoms with Gasteiger partial charge in [-0.3, -0.25) is 0 Å². The zero-order chi connectivity index (χ0) is 37.5. The van der Waals surface area contributed by atoms with Crippen molar-refractivity contribution in [3.8, 4) is 44.8 Å². The molecule has 3 heterocycles. The van der Waals surface area contributed by atoms with Crippen molar-refractivity contribution in [2.45, 2.75) is 0 Å². The molecule has 0 aliphatic heterocycles. The van der Waals surface area contributed by atoms with Gasteiger partial charge < -0.3 is 13.6 Å². The number of fused-ring (bicyclic) bond motifs is 9. The fourth-order valence-electron chi connectivity index (χ4n) is 9.12. The summed E-state index contributed by atoms with van der Waals surface area (Å²) < 4.78 is 11.6. The third-order valence-electron chi connectivity index (χ3n) is 11.7. The highest BCUT2D eigenvalue weighted by Gasteiger charge is 2.21. The Morgan fingerprint density at radius 1 is 0.281 bits per heavy atom. The van der Waals surface area contributed by atoms with Gasteiger partial charge >= 0.3 is 0 Å². The van der Waals surface area contributed by atoms with Crippen LogP contribution >= 0.6 is 0 Å². The number of benzene rings is 9. The van der Waals surface area contributed by atoms with Crippen LogP contribution in [0.4, 0.5) is 0 Å². The van der Waals surface area contributed by atoms with E-state index in [0.717, 1.165) is 49.8 Å². The molecular formula is C54H34N2O. The van der Waals surface area contributed by atoms with Crippen molar-refractivity contribution in [3.63, 3.8) is 0 Å². The Kier molecular flexibility index (Phi) is 6.93. The quantitative estimate of drug-likeness (QED) is 0.173. The van der Waals surface area contributed by atoms with Crippen molar-refractivity contribution in [3.05, 3.63) is 206 Å². The molecule has 0 fully saturated rings. The second kappa shape index (κ2) is 12.5. The standard InChI is InChI=1S/C54H34N2O/c1-3-15-35(16-4-1)39-32-46-44-22-10-14-26-53(44)57-54(46)52(34-39)56-48-24-12-8-20-41(48)43-29-27-38(33-51(43)56)37-28-30-50-45(31-37)42-21-9-13-25-49(42)55(50)47-23-11-7-19-40(47)36-17-5-2-6-18-36/h1-34H. The van der Waals surface area contributed by atoms with Crippen LogP contribution in [0.15, 0.2) is 211 Å². The molecule has 12 rings (SSSR count). The summed E-state index contributed by atoms with van der Waals surface area (Å²) in [4.78, 5) is 0. The lowest BCUT2D eigenvalue weighted by atomic mass is 10.0. The SMILES string of the molecule is c1ccc(-c2cc(-n3c4ccccc4c4ccc(-c5ccc6c(c5)c5ccccc5n6-c5ccccc5-c5ccccc5)cc43)c3oc4ccccc4c3c2)cc1. The molecule has 9 aromatic carbocycles. The van der Waals surface area contributed by atoms with E-state index in [1.54, 1.807) is 0 Å². The molecule has 12 aromatic rings. The zero-order valence-corrected chi connectivity index (χ0v) is 30.9. The maximum absolute atomic E-state index is 6.75. The Morgan fingerprint density at radius 3 is 1.61 bits per heavy atom. The molecule has 0 radical (unpaired) electrons. The molecule has 0 saturated carbocycles.